The van der Waals surface area contributed by atoms with Crippen molar-refractivity contribution in [3.05, 3.63) is 95.1 Å². The molecule has 0 atom stereocenters. The summed E-state index contributed by atoms with van der Waals surface area (Å²) in [7, 11) is -3.73. The molecule has 1 heterocycles. The summed E-state index contributed by atoms with van der Waals surface area (Å²) in [5.74, 6) is -0.301. The average Bonchev–Trinajstić information content (AvgIpc) is 3.18. The molecule has 0 bridgehead atoms. The van der Waals surface area contributed by atoms with Gasteiger partial charge in [0, 0.05) is 18.7 Å². The van der Waals surface area contributed by atoms with Crippen molar-refractivity contribution in [2.45, 2.75) is 24.8 Å². The lowest BCUT2D eigenvalue weighted by Crippen LogP contribution is -2.29. The average molecular weight is 407 g/mol. The molecule has 0 aliphatic carbocycles. The Labute approximate surface area is 171 Å². The number of carbonyl (C=O) groups is 1. The molecule has 3 aromatic carbocycles. The van der Waals surface area contributed by atoms with E-state index in [2.05, 4.69) is 5.32 Å². The minimum atomic E-state index is -3.73. The van der Waals surface area contributed by atoms with Gasteiger partial charge in [-0.05, 0) is 48.7 Å². The van der Waals surface area contributed by atoms with E-state index in [0.29, 0.717) is 30.8 Å². The molecule has 29 heavy (non-hydrogen) atoms. The van der Waals surface area contributed by atoms with Gasteiger partial charge in [0.05, 0.1) is 10.6 Å². The summed E-state index contributed by atoms with van der Waals surface area (Å²) < 4.78 is 27.8. The highest BCUT2D eigenvalue weighted by molar-refractivity contribution is 7.92. The first-order valence-corrected chi connectivity index (χ1v) is 10.9. The maximum atomic E-state index is 13.2. The van der Waals surface area contributed by atoms with Crippen molar-refractivity contribution in [3.8, 4) is 0 Å². The fraction of sp³-hybridized carbons (Fsp3) is 0.174. The number of para-hydroxylation sites is 1. The first-order chi connectivity index (χ1) is 13.9. The number of fused-ring (bicyclic) bond motifs is 1. The zero-order valence-corrected chi connectivity index (χ0v) is 16.9. The molecule has 0 fully saturated rings. The summed E-state index contributed by atoms with van der Waals surface area (Å²) in [6.45, 7) is 2.80. The van der Waals surface area contributed by atoms with Gasteiger partial charge in [0.2, 0.25) is 0 Å². The number of sulfonamides is 1. The molecule has 3 aromatic rings. The highest BCUT2D eigenvalue weighted by atomic mass is 32.2. The molecule has 1 N–H and O–H groups in total. The summed E-state index contributed by atoms with van der Waals surface area (Å²) in [4.78, 5) is 12.7. The van der Waals surface area contributed by atoms with Gasteiger partial charge in [-0.15, -0.1) is 0 Å². The molecule has 6 heteroatoms. The largest absolute Gasteiger partial charge is 0.348 e. The number of amides is 1. The fourth-order valence-electron chi connectivity index (χ4n) is 3.47. The van der Waals surface area contributed by atoms with Crippen molar-refractivity contribution < 1.29 is 13.2 Å². The molecular formula is C23H22N2O3S. The van der Waals surface area contributed by atoms with Gasteiger partial charge < -0.3 is 5.32 Å². The molecule has 5 nitrogen and oxygen atoms in total. The van der Waals surface area contributed by atoms with Crippen LogP contribution in [-0.4, -0.2) is 20.9 Å². The maximum Gasteiger partial charge on any atom is 0.264 e. The molecule has 4 rings (SSSR count). The fourth-order valence-corrected chi connectivity index (χ4v) is 5.02. The van der Waals surface area contributed by atoms with Crippen molar-refractivity contribution in [2.75, 3.05) is 10.8 Å². The third kappa shape index (κ3) is 3.89. The summed E-state index contributed by atoms with van der Waals surface area (Å²) in [5, 5.41) is 2.85. The van der Waals surface area contributed by atoms with E-state index in [4.69, 9.17) is 0 Å². The second-order valence-corrected chi connectivity index (χ2v) is 9.01. The third-order valence-corrected chi connectivity index (χ3v) is 6.91. The number of aryl methyl sites for hydroxylation is 1. The summed E-state index contributed by atoms with van der Waals surface area (Å²) in [6.07, 6.45) is 0.687. The Balaban J connectivity index is 1.54. The molecule has 1 aliphatic rings. The molecule has 0 aromatic heterocycles. The molecule has 0 unspecified atom stereocenters. The van der Waals surface area contributed by atoms with Crippen LogP contribution < -0.4 is 9.62 Å². The smallest absolute Gasteiger partial charge is 0.264 e. The third-order valence-electron chi connectivity index (χ3n) is 5.10. The van der Waals surface area contributed by atoms with E-state index < -0.39 is 10.0 Å². The SMILES string of the molecule is Cc1ccc(CNC(=O)c2cccc(S(=O)(=O)N3CCc4ccccc43)c2)cc1. The monoisotopic (exact) mass is 406 g/mol. The van der Waals surface area contributed by atoms with Gasteiger partial charge in [0.25, 0.3) is 15.9 Å². The molecular weight excluding hydrogens is 384 g/mol. The lowest BCUT2D eigenvalue weighted by Gasteiger charge is -2.20. The second kappa shape index (κ2) is 7.72. The number of rotatable bonds is 5. The second-order valence-electron chi connectivity index (χ2n) is 7.15. The number of benzene rings is 3. The molecule has 0 saturated heterocycles. The van der Waals surface area contributed by atoms with Crippen molar-refractivity contribution in [1.82, 2.24) is 5.32 Å². The van der Waals surface area contributed by atoms with Gasteiger partial charge in [-0.25, -0.2) is 8.42 Å². The predicted molar refractivity (Wildman–Crippen MR) is 113 cm³/mol. The van der Waals surface area contributed by atoms with Gasteiger partial charge in [-0.3, -0.25) is 9.10 Å². The van der Waals surface area contributed by atoms with E-state index in [-0.39, 0.29) is 10.8 Å². The molecule has 0 saturated carbocycles. The highest BCUT2D eigenvalue weighted by Crippen LogP contribution is 2.32. The molecule has 1 amide bonds. The van der Waals surface area contributed by atoms with E-state index in [1.54, 1.807) is 12.1 Å². The van der Waals surface area contributed by atoms with E-state index >= 15 is 0 Å². The van der Waals surface area contributed by atoms with Crippen molar-refractivity contribution in [3.63, 3.8) is 0 Å². The van der Waals surface area contributed by atoms with Crippen LogP contribution in [0.15, 0.2) is 77.7 Å². The Morgan fingerprint density at radius 1 is 1.00 bits per heavy atom. The molecule has 148 valence electrons. The van der Waals surface area contributed by atoms with E-state index in [1.807, 2.05) is 55.5 Å². The van der Waals surface area contributed by atoms with Crippen molar-refractivity contribution in [1.29, 1.82) is 0 Å². The van der Waals surface area contributed by atoms with E-state index in [9.17, 15) is 13.2 Å². The number of hydrogen-bond donors (Lipinski definition) is 1. The van der Waals surface area contributed by atoms with Crippen LogP contribution in [0, 0.1) is 6.92 Å². The van der Waals surface area contributed by atoms with Crippen LogP contribution in [0.3, 0.4) is 0 Å². The quantitative estimate of drug-likeness (QED) is 0.703. The lowest BCUT2D eigenvalue weighted by atomic mass is 10.1. The number of nitrogens with one attached hydrogen (secondary N) is 1. The predicted octanol–water partition coefficient (Wildman–Crippen LogP) is 3.68. The molecule has 0 spiro atoms. The van der Waals surface area contributed by atoms with Gasteiger partial charge in [0.15, 0.2) is 0 Å². The first-order valence-electron chi connectivity index (χ1n) is 9.49. The minimum absolute atomic E-state index is 0.122. The van der Waals surface area contributed by atoms with Gasteiger partial charge in [0.1, 0.15) is 0 Å². The Morgan fingerprint density at radius 2 is 1.76 bits per heavy atom. The maximum absolute atomic E-state index is 13.2. The van der Waals surface area contributed by atoms with Crippen LogP contribution >= 0.6 is 0 Å². The van der Waals surface area contributed by atoms with Gasteiger partial charge >= 0.3 is 0 Å². The summed E-state index contributed by atoms with van der Waals surface area (Å²) in [6, 6.07) is 21.6. The number of carbonyl (C=O) groups excluding carboxylic acids is 1. The first kappa shape index (κ1) is 19.2. The molecule has 1 aliphatic heterocycles. The van der Waals surface area contributed by atoms with Crippen LogP contribution in [-0.2, 0) is 23.0 Å². The Morgan fingerprint density at radius 3 is 2.55 bits per heavy atom. The highest BCUT2D eigenvalue weighted by Gasteiger charge is 2.30. The lowest BCUT2D eigenvalue weighted by molar-refractivity contribution is 0.0950. The van der Waals surface area contributed by atoms with Crippen LogP contribution in [0.4, 0.5) is 5.69 Å². The van der Waals surface area contributed by atoms with Crippen LogP contribution in [0.25, 0.3) is 0 Å². The van der Waals surface area contributed by atoms with Gasteiger partial charge in [-0.1, -0.05) is 54.1 Å². The number of hydrogen-bond acceptors (Lipinski definition) is 3. The molecule has 0 radical (unpaired) electrons. The topological polar surface area (TPSA) is 66.5 Å². The Hall–Kier alpha value is -3.12. The van der Waals surface area contributed by atoms with E-state index in [0.717, 1.165) is 16.7 Å². The van der Waals surface area contributed by atoms with Crippen LogP contribution in [0.2, 0.25) is 0 Å². The summed E-state index contributed by atoms with van der Waals surface area (Å²) in [5.41, 5.74) is 4.19. The minimum Gasteiger partial charge on any atom is -0.348 e. The van der Waals surface area contributed by atoms with Gasteiger partial charge in [-0.2, -0.15) is 0 Å². The van der Waals surface area contributed by atoms with Crippen molar-refractivity contribution in [2.24, 2.45) is 0 Å². The standard InChI is InChI=1S/C23H22N2O3S/c1-17-9-11-18(12-10-17)16-24-23(26)20-6-4-7-21(15-20)29(27,28)25-14-13-19-5-2-3-8-22(19)25/h2-12,15H,13-14,16H2,1H3,(H,24,26). The number of nitrogens with zero attached hydrogens (tertiary/aromatic N) is 1. The Kier molecular flexibility index (Phi) is 5.11. The number of anilines is 1. The zero-order chi connectivity index (χ0) is 20.4. The van der Waals surface area contributed by atoms with Crippen LogP contribution in [0.5, 0.6) is 0 Å². The van der Waals surface area contributed by atoms with Crippen LogP contribution in [0.1, 0.15) is 27.0 Å². The normalized spacial score (nSPS) is 13.2. The summed E-state index contributed by atoms with van der Waals surface area (Å²) >= 11 is 0. The zero-order valence-electron chi connectivity index (χ0n) is 16.1. The Bertz CT molecular complexity index is 1150. The van der Waals surface area contributed by atoms with E-state index in [1.165, 1.54) is 16.4 Å². The van der Waals surface area contributed by atoms with Crippen molar-refractivity contribution >= 4 is 21.6 Å².